The third-order valence-corrected chi connectivity index (χ3v) is 3.87. The lowest BCUT2D eigenvalue weighted by atomic mass is 9.98. The van der Waals surface area contributed by atoms with Crippen LogP contribution in [-0.2, 0) is 0 Å². The van der Waals surface area contributed by atoms with Crippen LogP contribution in [0.15, 0.2) is 18.2 Å². The first-order chi connectivity index (χ1) is 10.4. The molecule has 0 aromatic heterocycles. The van der Waals surface area contributed by atoms with E-state index in [9.17, 15) is 18.3 Å². The Morgan fingerprint density at radius 2 is 1.88 bits per heavy atom. The molecule has 4 nitrogen and oxygen atoms in total. The highest BCUT2D eigenvalue weighted by molar-refractivity contribution is 5.85. The molecule has 24 heavy (non-hydrogen) atoms. The van der Waals surface area contributed by atoms with Crippen molar-refractivity contribution in [1.29, 1.82) is 0 Å². The highest BCUT2D eigenvalue weighted by atomic mass is 35.5. The highest BCUT2D eigenvalue weighted by Gasteiger charge is 2.32. The van der Waals surface area contributed by atoms with Crippen LogP contribution in [0.5, 0.6) is 11.5 Å². The monoisotopic (exact) mass is 390 g/mol. The molecule has 0 unspecified atom stereocenters. The van der Waals surface area contributed by atoms with Gasteiger partial charge < -0.3 is 15.2 Å². The molecule has 1 saturated heterocycles. The van der Waals surface area contributed by atoms with E-state index in [0.29, 0.717) is 24.4 Å². The van der Waals surface area contributed by atoms with Crippen molar-refractivity contribution in [1.82, 2.24) is 10.2 Å². The van der Waals surface area contributed by atoms with Crippen LogP contribution in [0, 0.1) is 0 Å². The van der Waals surface area contributed by atoms with Crippen LogP contribution in [-0.4, -0.2) is 49.5 Å². The number of halogens is 5. The third kappa shape index (κ3) is 6.55. The molecule has 0 aliphatic carbocycles. The average molecular weight is 391 g/mol. The van der Waals surface area contributed by atoms with Crippen molar-refractivity contribution < 1.29 is 23.0 Å². The second-order valence-corrected chi connectivity index (χ2v) is 5.38. The molecule has 9 heteroatoms. The van der Waals surface area contributed by atoms with Crippen molar-refractivity contribution in [2.24, 2.45) is 0 Å². The zero-order chi connectivity index (χ0) is 16.2. The van der Waals surface area contributed by atoms with Crippen LogP contribution in [0.2, 0.25) is 0 Å². The number of ether oxygens (including phenoxy) is 1. The highest BCUT2D eigenvalue weighted by Crippen LogP contribution is 2.37. The maximum absolute atomic E-state index is 12.6. The van der Waals surface area contributed by atoms with Gasteiger partial charge in [-0.1, -0.05) is 6.07 Å². The quantitative estimate of drug-likeness (QED) is 0.806. The lowest BCUT2D eigenvalue weighted by Gasteiger charge is -2.36. The van der Waals surface area contributed by atoms with E-state index >= 15 is 0 Å². The van der Waals surface area contributed by atoms with Crippen molar-refractivity contribution in [2.75, 3.05) is 33.3 Å². The molecule has 0 radical (unpaired) electrons. The predicted molar refractivity (Wildman–Crippen MR) is 91.6 cm³/mol. The first-order valence-corrected chi connectivity index (χ1v) is 7.29. The van der Waals surface area contributed by atoms with Gasteiger partial charge in [-0.05, 0) is 12.5 Å². The van der Waals surface area contributed by atoms with Crippen molar-refractivity contribution in [3.63, 3.8) is 0 Å². The number of methoxy groups -OCH3 is 1. The summed E-state index contributed by atoms with van der Waals surface area (Å²) in [4.78, 5) is 2.04. The molecule has 2 rings (SSSR count). The summed E-state index contributed by atoms with van der Waals surface area (Å²) in [5.41, 5.74) is 0.687. The van der Waals surface area contributed by atoms with Gasteiger partial charge in [0.1, 0.15) is 11.5 Å². The zero-order valence-corrected chi connectivity index (χ0v) is 14.9. The van der Waals surface area contributed by atoms with Crippen molar-refractivity contribution in [3.8, 4) is 11.5 Å². The SMILES string of the molecule is COc1cc(O)ccc1[C@@H](CCC(F)(F)F)N1CCNCC1.Cl.Cl. The fourth-order valence-electron chi connectivity index (χ4n) is 2.80. The summed E-state index contributed by atoms with van der Waals surface area (Å²) in [6.45, 7) is 2.88. The van der Waals surface area contributed by atoms with Gasteiger partial charge in [-0.15, -0.1) is 24.8 Å². The van der Waals surface area contributed by atoms with Crippen LogP contribution in [0.3, 0.4) is 0 Å². The average Bonchev–Trinajstić information content (AvgIpc) is 2.48. The molecule has 0 amide bonds. The Balaban J connectivity index is 0.00000264. The van der Waals surface area contributed by atoms with Crippen molar-refractivity contribution >= 4 is 24.8 Å². The second-order valence-electron chi connectivity index (χ2n) is 5.38. The predicted octanol–water partition coefficient (Wildman–Crippen LogP) is 3.53. The van der Waals surface area contributed by atoms with E-state index in [4.69, 9.17) is 4.74 Å². The minimum atomic E-state index is -4.18. The Morgan fingerprint density at radius 1 is 1.25 bits per heavy atom. The summed E-state index contributed by atoms with van der Waals surface area (Å²) in [6, 6.07) is 4.20. The number of benzene rings is 1. The van der Waals surface area contributed by atoms with Gasteiger partial charge in [0.25, 0.3) is 0 Å². The van der Waals surface area contributed by atoms with Gasteiger partial charge in [0, 0.05) is 50.3 Å². The molecule has 1 fully saturated rings. The first kappa shape index (κ1) is 23.1. The van der Waals surface area contributed by atoms with E-state index < -0.39 is 12.6 Å². The molecule has 1 aliphatic rings. The normalized spacial score (nSPS) is 16.7. The summed E-state index contributed by atoms with van der Waals surface area (Å²) >= 11 is 0. The topological polar surface area (TPSA) is 44.7 Å². The fraction of sp³-hybridized carbons (Fsp3) is 0.600. The first-order valence-electron chi connectivity index (χ1n) is 7.29. The smallest absolute Gasteiger partial charge is 0.389 e. The molecule has 2 N–H and O–H groups in total. The molecular formula is C15H23Cl2F3N2O2. The molecule has 0 bridgehead atoms. The van der Waals surface area contributed by atoms with Crippen LogP contribution in [0.4, 0.5) is 13.2 Å². The van der Waals surface area contributed by atoms with Crippen LogP contribution >= 0.6 is 24.8 Å². The molecule has 1 atom stereocenters. The third-order valence-electron chi connectivity index (χ3n) is 3.87. The fourth-order valence-corrected chi connectivity index (χ4v) is 2.80. The Kier molecular flexibility index (Phi) is 9.80. The number of alkyl halides is 3. The van der Waals surface area contributed by atoms with Gasteiger partial charge >= 0.3 is 6.18 Å². The van der Waals surface area contributed by atoms with Gasteiger partial charge in [-0.3, -0.25) is 4.90 Å². The number of phenols is 1. The van der Waals surface area contributed by atoms with Gasteiger partial charge in [-0.2, -0.15) is 13.2 Å². The van der Waals surface area contributed by atoms with E-state index in [1.807, 2.05) is 4.90 Å². The summed E-state index contributed by atoms with van der Waals surface area (Å²) in [7, 11) is 1.46. The van der Waals surface area contributed by atoms with Crippen LogP contribution in [0.1, 0.15) is 24.4 Å². The minimum Gasteiger partial charge on any atom is -0.508 e. The Bertz CT molecular complexity index is 498. The van der Waals surface area contributed by atoms with E-state index in [2.05, 4.69) is 5.32 Å². The molecule has 1 heterocycles. The molecule has 1 aromatic carbocycles. The van der Waals surface area contributed by atoms with Gasteiger partial charge in [0.2, 0.25) is 0 Å². The Morgan fingerprint density at radius 3 is 2.42 bits per heavy atom. The molecular weight excluding hydrogens is 368 g/mol. The summed E-state index contributed by atoms with van der Waals surface area (Å²) in [6.07, 6.45) is -5.05. The molecule has 0 spiro atoms. The van der Waals surface area contributed by atoms with E-state index in [0.717, 1.165) is 13.1 Å². The number of piperazine rings is 1. The number of nitrogens with zero attached hydrogens (tertiary/aromatic N) is 1. The number of aromatic hydroxyl groups is 1. The molecule has 1 aliphatic heterocycles. The number of hydrogen-bond donors (Lipinski definition) is 2. The molecule has 0 saturated carbocycles. The van der Waals surface area contributed by atoms with Gasteiger partial charge in [-0.25, -0.2) is 0 Å². The number of nitrogens with one attached hydrogen (secondary N) is 1. The van der Waals surface area contributed by atoms with E-state index in [-0.39, 0.29) is 43.0 Å². The van der Waals surface area contributed by atoms with Crippen molar-refractivity contribution in [3.05, 3.63) is 23.8 Å². The minimum absolute atomic E-state index is 0. The number of hydrogen-bond acceptors (Lipinski definition) is 4. The van der Waals surface area contributed by atoms with Crippen LogP contribution in [0.25, 0.3) is 0 Å². The Labute approximate surface area is 152 Å². The van der Waals surface area contributed by atoms with Gasteiger partial charge in [0.05, 0.1) is 7.11 Å². The van der Waals surface area contributed by atoms with Gasteiger partial charge in [0.15, 0.2) is 0 Å². The second kappa shape index (κ2) is 10.2. The van der Waals surface area contributed by atoms with E-state index in [1.54, 1.807) is 6.07 Å². The number of rotatable bonds is 5. The lowest BCUT2D eigenvalue weighted by molar-refractivity contribution is -0.138. The van der Waals surface area contributed by atoms with Crippen molar-refractivity contribution in [2.45, 2.75) is 25.1 Å². The summed E-state index contributed by atoms with van der Waals surface area (Å²) < 4.78 is 43.2. The summed E-state index contributed by atoms with van der Waals surface area (Å²) in [5, 5.41) is 12.7. The maximum atomic E-state index is 12.6. The van der Waals surface area contributed by atoms with Crippen LogP contribution < -0.4 is 10.1 Å². The number of phenolic OH excluding ortho intramolecular Hbond substituents is 1. The largest absolute Gasteiger partial charge is 0.508 e. The lowest BCUT2D eigenvalue weighted by Crippen LogP contribution is -2.45. The Hall–Kier alpha value is -0.890. The standard InChI is InChI=1S/C15H21F3N2O2.2ClH/c1-22-14-10-11(21)2-3-12(14)13(4-5-15(16,17)18)20-8-6-19-7-9-20;;/h2-3,10,13,19,21H,4-9H2,1H3;2*1H/t13-;;/m1../s1. The summed E-state index contributed by atoms with van der Waals surface area (Å²) in [5.74, 6) is 0.459. The zero-order valence-electron chi connectivity index (χ0n) is 13.3. The maximum Gasteiger partial charge on any atom is 0.389 e. The molecule has 140 valence electrons. The van der Waals surface area contributed by atoms with E-state index in [1.165, 1.54) is 19.2 Å². The molecule has 1 aromatic rings.